The van der Waals surface area contributed by atoms with Crippen molar-refractivity contribution >= 4 is 11.7 Å². The molecular weight excluding hydrogens is 380 g/mol. The van der Waals surface area contributed by atoms with Crippen molar-refractivity contribution in [2.45, 2.75) is 13.0 Å². The van der Waals surface area contributed by atoms with Crippen LogP contribution < -0.4 is 15.0 Å². The van der Waals surface area contributed by atoms with Gasteiger partial charge in [0.1, 0.15) is 18.4 Å². The summed E-state index contributed by atoms with van der Waals surface area (Å²) in [7, 11) is 1.67. The zero-order valence-corrected chi connectivity index (χ0v) is 17.2. The number of carbonyl (C=O) groups is 1. The van der Waals surface area contributed by atoms with Gasteiger partial charge in [0.15, 0.2) is 0 Å². The number of methoxy groups -OCH3 is 1. The van der Waals surface area contributed by atoms with Crippen LogP contribution in [-0.2, 0) is 0 Å². The molecule has 4 rings (SSSR count). The second-order valence-electron chi connectivity index (χ2n) is 7.27. The molecule has 0 radical (unpaired) electrons. The number of rotatable bonds is 5. The third-order valence-corrected chi connectivity index (χ3v) is 5.42. The fourth-order valence-electron chi connectivity index (χ4n) is 3.58. The Labute approximate surface area is 176 Å². The van der Waals surface area contributed by atoms with Crippen molar-refractivity contribution in [3.05, 3.63) is 66.7 Å². The third-order valence-electron chi connectivity index (χ3n) is 5.42. The summed E-state index contributed by atoms with van der Waals surface area (Å²) in [5.41, 5.74) is 3.13. The quantitative estimate of drug-likeness (QED) is 0.705. The molecule has 0 bridgehead atoms. The molecule has 8 nitrogen and oxygen atoms in total. The number of piperazine rings is 1. The maximum atomic E-state index is 12.7. The van der Waals surface area contributed by atoms with Crippen molar-refractivity contribution in [2.75, 3.05) is 38.2 Å². The van der Waals surface area contributed by atoms with Crippen molar-refractivity contribution in [3.8, 4) is 11.4 Å². The van der Waals surface area contributed by atoms with E-state index in [2.05, 4.69) is 32.4 Å². The smallest absolute Gasteiger partial charge is 0.317 e. The van der Waals surface area contributed by atoms with Gasteiger partial charge in [-0.1, -0.05) is 12.1 Å². The van der Waals surface area contributed by atoms with Gasteiger partial charge in [-0.25, -0.2) is 14.5 Å². The van der Waals surface area contributed by atoms with Crippen molar-refractivity contribution in [3.63, 3.8) is 0 Å². The zero-order valence-electron chi connectivity index (χ0n) is 17.2. The van der Waals surface area contributed by atoms with Gasteiger partial charge in [-0.15, -0.1) is 0 Å². The van der Waals surface area contributed by atoms with Crippen LogP contribution in [0.4, 0.5) is 10.5 Å². The largest absolute Gasteiger partial charge is 0.497 e. The third kappa shape index (κ3) is 4.37. The number of carbonyl (C=O) groups excluding carboxylic acids is 1. The van der Waals surface area contributed by atoms with Gasteiger partial charge in [0.05, 0.1) is 18.8 Å². The van der Waals surface area contributed by atoms with Crippen molar-refractivity contribution in [1.82, 2.24) is 25.0 Å². The first-order chi connectivity index (χ1) is 14.6. The van der Waals surface area contributed by atoms with Crippen molar-refractivity contribution in [2.24, 2.45) is 0 Å². The summed E-state index contributed by atoms with van der Waals surface area (Å²) in [5.74, 6) is 0.847. The zero-order chi connectivity index (χ0) is 20.9. The first-order valence-electron chi connectivity index (χ1n) is 10.0. The molecule has 0 saturated carbocycles. The second kappa shape index (κ2) is 8.86. The summed E-state index contributed by atoms with van der Waals surface area (Å²) in [6.07, 6.45) is 3.16. The number of hydrogen-bond donors (Lipinski definition) is 1. The Hall–Kier alpha value is -3.55. The topological polar surface area (TPSA) is 75.5 Å². The van der Waals surface area contributed by atoms with Crippen LogP contribution in [0.3, 0.4) is 0 Å². The Balaban J connectivity index is 1.29. The predicted octanol–water partition coefficient (Wildman–Crippen LogP) is 2.87. The van der Waals surface area contributed by atoms with Gasteiger partial charge in [0.25, 0.3) is 0 Å². The van der Waals surface area contributed by atoms with Crippen LogP contribution >= 0.6 is 0 Å². The highest BCUT2D eigenvalue weighted by molar-refractivity contribution is 5.75. The highest BCUT2D eigenvalue weighted by atomic mass is 16.5. The number of nitrogens with one attached hydrogen (secondary N) is 1. The number of anilines is 1. The van der Waals surface area contributed by atoms with Crippen LogP contribution in [0.15, 0.2) is 61.2 Å². The lowest BCUT2D eigenvalue weighted by Crippen LogP contribution is -2.52. The molecule has 1 unspecified atom stereocenters. The first-order valence-corrected chi connectivity index (χ1v) is 10.0. The fourth-order valence-corrected chi connectivity index (χ4v) is 3.58. The van der Waals surface area contributed by atoms with Gasteiger partial charge in [-0.05, 0) is 48.9 Å². The number of nitrogens with zero attached hydrogens (tertiary/aromatic N) is 5. The molecule has 2 amide bonds. The number of aromatic nitrogens is 3. The molecule has 2 heterocycles. The van der Waals surface area contributed by atoms with Gasteiger partial charge in [-0.2, -0.15) is 5.10 Å². The first kappa shape index (κ1) is 19.8. The van der Waals surface area contributed by atoms with Crippen LogP contribution in [0.1, 0.15) is 18.5 Å². The average molecular weight is 406 g/mol. The van der Waals surface area contributed by atoms with E-state index in [1.54, 1.807) is 18.1 Å². The van der Waals surface area contributed by atoms with Crippen LogP contribution in [-0.4, -0.2) is 59.0 Å². The van der Waals surface area contributed by atoms with Gasteiger partial charge in [0, 0.05) is 31.9 Å². The number of amides is 2. The van der Waals surface area contributed by atoms with E-state index in [1.165, 1.54) is 6.33 Å². The molecule has 3 aromatic rings. The molecule has 1 atom stereocenters. The minimum absolute atomic E-state index is 0.0303. The molecule has 1 fully saturated rings. The number of benzene rings is 2. The van der Waals surface area contributed by atoms with E-state index >= 15 is 0 Å². The molecule has 0 spiro atoms. The lowest BCUT2D eigenvalue weighted by Gasteiger charge is -2.36. The van der Waals surface area contributed by atoms with E-state index in [9.17, 15) is 4.79 Å². The summed E-state index contributed by atoms with van der Waals surface area (Å²) < 4.78 is 6.92. The molecule has 30 heavy (non-hydrogen) atoms. The highest BCUT2D eigenvalue weighted by Gasteiger charge is 2.22. The molecule has 1 aromatic heterocycles. The molecule has 8 heteroatoms. The normalized spacial score (nSPS) is 15.0. The average Bonchev–Trinajstić information content (AvgIpc) is 3.34. The number of hydrogen-bond acceptors (Lipinski definition) is 5. The molecule has 156 valence electrons. The lowest BCUT2D eigenvalue weighted by atomic mass is 10.1. The summed E-state index contributed by atoms with van der Waals surface area (Å²) in [4.78, 5) is 20.8. The summed E-state index contributed by atoms with van der Waals surface area (Å²) in [6, 6.07) is 15.9. The van der Waals surface area contributed by atoms with Crippen LogP contribution in [0.5, 0.6) is 5.75 Å². The second-order valence-corrected chi connectivity index (χ2v) is 7.27. The maximum absolute atomic E-state index is 12.7. The van der Waals surface area contributed by atoms with Crippen LogP contribution in [0.2, 0.25) is 0 Å². The highest BCUT2D eigenvalue weighted by Crippen LogP contribution is 2.21. The fraction of sp³-hybridized carbons (Fsp3) is 0.318. The van der Waals surface area contributed by atoms with Crippen LogP contribution in [0, 0.1) is 0 Å². The molecule has 1 saturated heterocycles. The Morgan fingerprint density at radius 3 is 2.27 bits per heavy atom. The van der Waals surface area contributed by atoms with E-state index in [0.29, 0.717) is 13.1 Å². The van der Waals surface area contributed by atoms with Crippen molar-refractivity contribution in [1.29, 1.82) is 0 Å². The van der Waals surface area contributed by atoms with Gasteiger partial charge in [0.2, 0.25) is 0 Å². The molecule has 1 N–H and O–H groups in total. The Bertz CT molecular complexity index is 948. The molecular formula is C22H26N6O2. The Kier molecular flexibility index (Phi) is 5.83. The summed E-state index contributed by atoms with van der Waals surface area (Å²) >= 11 is 0. The van der Waals surface area contributed by atoms with Gasteiger partial charge in [-0.3, -0.25) is 0 Å². The summed E-state index contributed by atoms with van der Waals surface area (Å²) in [6.45, 7) is 4.99. The van der Waals surface area contributed by atoms with E-state index in [0.717, 1.165) is 35.8 Å². The minimum Gasteiger partial charge on any atom is -0.497 e. The minimum atomic E-state index is -0.0816. The predicted molar refractivity (Wildman–Crippen MR) is 115 cm³/mol. The number of ether oxygens (including phenoxy) is 1. The maximum Gasteiger partial charge on any atom is 0.317 e. The van der Waals surface area contributed by atoms with E-state index < -0.39 is 0 Å². The Morgan fingerprint density at radius 1 is 1.00 bits per heavy atom. The molecule has 1 aliphatic rings. The number of urea groups is 1. The van der Waals surface area contributed by atoms with E-state index in [4.69, 9.17) is 4.74 Å². The van der Waals surface area contributed by atoms with Crippen molar-refractivity contribution < 1.29 is 9.53 Å². The van der Waals surface area contributed by atoms with Crippen LogP contribution in [0.25, 0.3) is 5.69 Å². The van der Waals surface area contributed by atoms with E-state index in [-0.39, 0.29) is 12.1 Å². The summed E-state index contributed by atoms with van der Waals surface area (Å²) in [5, 5.41) is 7.23. The van der Waals surface area contributed by atoms with Gasteiger partial charge >= 0.3 is 6.03 Å². The van der Waals surface area contributed by atoms with E-state index in [1.807, 2.05) is 48.2 Å². The Morgan fingerprint density at radius 2 is 1.67 bits per heavy atom. The standard InChI is InChI=1S/C22H26N6O2/c1-17(18-3-5-20(6-4-18)28-16-23-15-24-28)25-22(29)27-13-11-26(12-14-27)19-7-9-21(30-2)10-8-19/h3-10,15-17H,11-14H2,1-2H3,(H,25,29). The molecule has 0 aliphatic carbocycles. The SMILES string of the molecule is COc1ccc(N2CCN(C(=O)NC(C)c3ccc(-n4cncn4)cc3)CC2)cc1. The monoisotopic (exact) mass is 406 g/mol. The molecule has 2 aromatic carbocycles. The molecule has 1 aliphatic heterocycles. The lowest BCUT2D eigenvalue weighted by molar-refractivity contribution is 0.191. The van der Waals surface area contributed by atoms with Gasteiger partial charge < -0.3 is 19.9 Å².